The van der Waals surface area contributed by atoms with E-state index in [9.17, 15) is 35.8 Å². The summed E-state index contributed by atoms with van der Waals surface area (Å²) in [5, 5.41) is 2.76. The lowest BCUT2D eigenvalue weighted by atomic mass is 9.52. The molecule has 44 heavy (non-hydrogen) atoms. The number of amides is 1. The number of alkyl halides is 5. The number of hydrogen-bond acceptors (Lipinski definition) is 5. The van der Waals surface area contributed by atoms with Gasteiger partial charge in [0, 0.05) is 53.7 Å². The highest BCUT2D eigenvalue weighted by Gasteiger charge is 2.57. The number of ether oxygens (including phenoxy) is 1. The fraction of sp³-hybridized carbons (Fsp3) is 0.750. The Hall–Kier alpha value is -2.08. The molecule has 1 aromatic rings. The molecule has 6 atom stereocenters. The summed E-state index contributed by atoms with van der Waals surface area (Å²) in [6.07, 6.45) is -2.87. The van der Waals surface area contributed by atoms with Gasteiger partial charge in [-0.05, 0) is 112 Å². The summed E-state index contributed by atoms with van der Waals surface area (Å²) in [7, 11) is 2.33. The molecule has 3 aliphatic carbocycles. The van der Waals surface area contributed by atoms with Gasteiger partial charge in [0.25, 0.3) is 0 Å². The smallest absolute Gasteiger partial charge is 0.410 e. The minimum absolute atomic E-state index is 0.180. The quantitative estimate of drug-likeness (QED) is 0.252. The molecule has 0 heterocycles. The summed E-state index contributed by atoms with van der Waals surface area (Å²) in [6, 6.07) is 4.07. The molecule has 0 aromatic heterocycles. The first-order valence-electron chi connectivity index (χ1n) is 15.6. The Labute approximate surface area is 259 Å². The average molecular weight is 649 g/mol. The zero-order valence-electron chi connectivity index (χ0n) is 26.0. The summed E-state index contributed by atoms with van der Waals surface area (Å²) < 4.78 is 82.1. The first kappa shape index (κ1) is 34.8. The first-order chi connectivity index (χ1) is 20.5. The molecular formula is C32H45F5N2O4S. The topological polar surface area (TPSA) is 75.7 Å². The van der Waals surface area contributed by atoms with Crippen LogP contribution < -0.4 is 10.1 Å². The number of aryl methyl sites for hydroxylation is 1. The number of nitrogens with zero attached hydrogens (tertiary/aromatic N) is 1. The Balaban J connectivity index is 1.46. The molecule has 2 fully saturated rings. The van der Waals surface area contributed by atoms with Gasteiger partial charge in [-0.15, -0.1) is 0 Å². The molecule has 1 aromatic carbocycles. The van der Waals surface area contributed by atoms with Crippen LogP contribution in [0.3, 0.4) is 0 Å². The van der Waals surface area contributed by atoms with E-state index < -0.39 is 41.8 Å². The molecule has 1 unspecified atom stereocenters. The summed E-state index contributed by atoms with van der Waals surface area (Å²) >= 11 is 0. The molecule has 0 aliphatic heterocycles. The maximum absolute atomic E-state index is 13.2. The van der Waals surface area contributed by atoms with E-state index in [1.165, 1.54) is 5.56 Å². The third-order valence-corrected chi connectivity index (χ3v) is 11.6. The van der Waals surface area contributed by atoms with Crippen LogP contribution in [0.4, 0.5) is 26.7 Å². The number of rotatable bonds is 12. The standard InChI is InChI=1S/C32H45F5N2O4S/c1-20-17-24-22(19-26(20)43-29(41)38-13-14-39(3)4)18-21(28-23(24)10-12-30(2)25(28)8-9-27(30)40)7-5-15-44(42)16-6-11-31(33,34)32(35,36)37/h17,19,21,23,25,28H,5-16,18H2,1-4H3,(H,38,41)/t21-,23-,25+,28-,30+,44?/m1/s1. The number of nitrogens with one attached hydrogen (secondary N) is 1. The largest absolute Gasteiger partial charge is 0.453 e. The summed E-state index contributed by atoms with van der Waals surface area (Å²) in [5.74, 6) is -3.01. The minimum Gasteiger partial charge on any atom is -0.410 e. The highest BCUT2D eigenvalue weighted by molar-refractivity contribution is 7.84. The second-order valence-corrected chi connectivity index (χ2v) is 15.1. The Morgan fingerprint density at radius 1 is 1.14 bits per heavy atom. The van der Waals surface area contributed by atoms with Crippen LogP contribution in [0.1, 0.15) is 80.9 Å². The third-order valence-electron chi connectivity index (χ3n) is 10.2. The molecule has 6 nitrogen and oxygen atoms in total. The van der Waals surface area contributed by atoms with Gasteiger partial charge in [-0.3, -0.25) is 9.00 Å². The lowest BCUT2D eigenvalue weighted by Gasteiger charge is -2.52. The SMILES string of the molecule is Cc1cc2c(cc1OC(=O)NCCN(C)C)C[C@@H](CCCS(=O)CCCC(F)(F)C(F)(F)F)[C@@H]1[C@@H]2CC[C@]2(C)C(=O)CC[C@@H]12. The van der Waals surface area contributed by atoms with E-state index in [2.05, 4.69) is 18.3 Å². The van der Waals surface area contributed by atoms with Crippen molar-refractivity contribution in [3.8, 4) is 5.75 Å². The van der Waals surface area contributed by atoms with Gasteiger partial charge in [-0.1, -0.05) is 13.0 Å². The van der Waals surface area contributed by atoms with Crippen LogP contribution in [0.5, 0.6) is 5.75 Å². The molecule has 0 saturated heterocycles. The number of Topliss-reactive ketones (excluding diaryl/α,β-unsaturated/α-hetero) is 1. The number of carbonyl (C=O) groups is 2. The van der Waals surface area contributed by atoms with Crippen molar-refractivity contribution >= 4 is 22.7 Å². The van der Waals surface area contributed by atoms with E-state index in [-0.39, 0.29) is 40.6 Å². The van der Waals surface area contributed by atoms with Crippen molar-refractivity contribution in [3.05, 3.63) is 28.8 Å². The molecule has 3 aliphatic rings. The third kappa shape index (κ3) is 7.65. The van der Waals surface area contributed by atoms with E-state index in [1.807, 2.05) is 32.0 Å². The van der Waals surface area contributed by atoms with E-state index in [0.29, 0.717) is 50.3 Å². The first-order valence-corrected chi connectivity index (χ1v) is 17.1. The number of ketones is 1. The molecule has 0 radical (unpaired) electrons. The summed E-state index contributed by atoms with van der Waals surface area (Å²) in [5.41, 5.74) is 2.85. The predicted octanol–water partition coefficient (Wildman–Crippen LogP) is 6.80. The second-order valence-electron chi connectivity index (χ2n) is 13.4. The highest BCUT2D eigenvalue weighted by atomic mass is 32.2. The molecule has 4 rings (SSSR count). The zero-order chi connectivity index (χ0) is 32.4. The van der Waals surface area contributed by atoms with Crippen LogP contribution in [0.2, 0.25) is 0 Å². The molecule has 0 bridgehead atoms. The van der Waals surface area contributed by atoms with Crippen LogP contribution in [-0.2, 0) is 22.0 Å². The fourth-order valence-electron chi connectivity index (χ4n) is 7.81. The number of halogens is 5. The zero-order valence-corrected chi connectivity index (χ0v) is 26.9. The lowest BCUT2D eigenvalue weighted by molar-refractivity contribution is -0.284. The Morgan fingerprint density at radius 2 is 1.84 bits per heavy atom. The van der Waals surface area contributed by atoms with Gasteiger partial charge in [0.05, 0.1) is 0 Å². The van der Waals surface area contributed by atoms with Crippen molar-refractivity contribution in [2.45, 2.75) is 89.7 Å². The lowest BCUT2D eigenvalue weighted by Crippen LogP contribution is -2.46. The van der Waals surface area contributed by atoms with E-state index in [1.54, 1.807) is 0 Å². The molecule has 0 spiro atoms. The Morgan fingerprint density at radius 3 is 2.52 bits per heavy atom. The maximum atomic E-state index is 13.2. The van der Waals surface area contributed by atoms with Gasteiger partial charge in [0.1, 0.15) is 11.5 Å². The van der Waals surface area contributed by atoms with E-state index in [0.717, 1.165) is 30.4 Å². The number of benzene rings is 1. The number of fused-ring (bicyclic) bond motifs is 5. The maximum Gasteiger partial charge on any atom is 0.453 e. The summed E-state index contributed by atoms with van der Waals surface area (Å²) in [6.45, 7) is 5.15. The van der Waals surface area contributed by atoms with Gasteiger partial charge in [-0.25, -0.2) is 4.79 Å². The van der Waals surface area contributed by atoms with Gasteiger partial charge >= 0.3 is 18.2 Å². The Bertz CT molecular complexity index is 1240. The normalized spacial score (nSPS) is 27.5. The van der Waals surface area contributed by atoms with Crippen LogP contribution in [0.25, 0.3) is 0 Å². The van der Waals surface area contributed by atoms with Gasteiger partial charge in [-0.2, -0.15) is 22.0 Å². The van der Waals surface area contributed by atoms with Crippen molar-refractivity contribution in [1.29, 1.82) is 0 Å². The minimum atomic E-state index is -5.60. The number of hydrogen-bond donors (Lipinski definition) is 1. The predicted molar refractivity (Wildman–Crippen MR) is 160 cm³/mol. The van der Waals surface area contributed by atoms with Crippen molar-refractivity contribution in [2.24, 2.45) is 23.2 Å². The van der Waals surface area contributed by atoms with Crippen molar-refractivity contribution in [3.63, 3.8) is 0 Å². The van der Waals surface area contributed by atoms with Crippen LogP contribution in [-0.4, -0.2) is 71.8 Å². The van der Waals surface area contributed by atoms with Crippen LogP contribution in [0, 0.1) is 30.1 Å². The average Bonchev–Trinajstić information content (AvgIpc) is 3.22. The monoisotopic (exact) mass is 648 g/mol. The van der Waals surface area contributed by atoms with Gasteiger partial charge < -0.3 is 15.0 Å². The van der Waals surface area contributed by atoms with Crippen molar-refractivity contribution < 1.29 is 40.5 Å². The number of carbonyl (C=O) groups excluding carboxylic acids is 2. The van der Waals surface area contributed by atoms with Crippen LogP contribution in [0.15, 0.2) is 12.1 Å². The van der Waals surface area contributed by atoms with Gasteiger partial charge in [0.2, 0.25) is 0 Å². The summed E-state index contributed by atoms with van der Waals surface area (Å²) in [4.78, 5) is 27.4. The van der Waals surface area contributed by atoms with Gasteiger partial charge in [0.15, 0.2) is 0 Å². The molecule has 1 N–H and O–H groups in total. The molecule has 2 saturated carbocycles. The molecule has 12 heteroatoms. The molecule has 1 amide bonds. The highest BCUT2D eigenvalue weighted by Crippen LogP contribution is 2.61. The molecular weight excluding hydrogens is 603 g/mol. The van der Waals surface area contributed by atoms with E-state index in [4.69, 9.17) is 4.74 Å². The fourth-order valence-corrected chi connectivity index (χ4v) is 8.97. The molecule has 248 valence electrons. The van der Waals surface area contributed by atoms with Crippen molar-refractivity contribution in [2.75, 3.05) is 38.7 Å². The second kappa shape index (κ2) is 13.7. The Kier molecular flexibility index (Phi) is 10.9. The van der Waals surface area contributed by atoms with E-state index >= 15 is 0 Å². The van der Waals surface area contributed by atoms with Crippen LogP contribution >= 0.6 is 0 Å². The number of likely N-dealkylation sites (N-methyl/N-ethyl adjacent to an activating group) is 1. The van der Waals surface area contributed by atoms with Crippen molar-refractivity contribution in [1.82, 2.24) is 10.2 Å².